The summed E-state index contributed by atoms with van der Waals surface area (Å²) >= 11 is 1.93. The van der Waals surface area contributed by atoms with Gasteiger partial charge < -0.3 is 14.7 Å². The number of rotatable bonds is 7. The molecule has 2 aromatic rings. The third kappa shape index (κ3) is 6.40. The zero-order valence-corrected chi connectivity index (χ0v) is 21.0. The highest BCUT2D eigenvalue weighted by atomic mass is 127. The Hall–Kier alpha value is -1.20. The van der Waals surface area contributed by atoms with Crippen LogP contribution in [-0.2, 0) is 25.8 Å². The van der Waals surface area contributed by atoms with Gasteiger partial charge >= 0.3 is 0 Å². The number of thiazole rings is 1. The van der Waals surface area contributed by atoms with E-state index in [1.807, 2.05) is 17.4 Å². The van der Waals surface area contributed by atoms with Crippen LogP contribution in [0.3, 0.4) is 0 Å². The maximum Gasteiger partial charge on any atom is 0.194 e. The van der Waals surface area contributed by atoms with Gasteiger partial charge in [-0.05, 0) is 39.0 Å². The molecule has 166 valence electrons. The molecule has 4 rings (SSSR count). The van der Waals surface area contributed by atoms with Gasteiger partial charge in [0.1, 0.15) is 6.26 Å². The van der Waals surface area contributed by atoms with Crippen LogP contribution in [0.25, 0.3) is 0 Å². The van der Waals surface area contributed by atoms with E-state index in [2.05, 4.69) is 27.2 Å². The van der Waals surface area contributed by atoms with E-state index in [9.17, 15) is 0 Å². The fraction of sp³-hybridized carbons (Fsp3) is 0.667. The average molecular weight is 545 g/mol. The molecule has 0 unspecified atom stereocenters. The number of aliphatic imine (C=N–C) groups is 1. The van der Waals surface area contributed by atoms with Crippen LogP contribution in [0.5, 0.6) is 0 Å². The smallest absolute Gasteiger partial charge is 0.194 e. The summed E-state index contributed by atoms with van der Waals surface area (Å²) in [5.41, 5.74) is 2.37. The summed E-state index contributed by atoms with van der Waals surface area (Å²) in [4.78, 5) is 16.1. The Bertz CT molecular complexity index is 762. The van der Waals surface area contributed by atoms with Crippen LogP contribution >= 0.6 is 35.3 Å². The molecule has 1 aliphatic carbocycles. The Morgan fingerprint density at radius 3 is 2.80 bits per heavy atom. The number of guanidine groups is 1. The second-order valence-electron chi connectivity index (χ2n) is 7.78. The van der Waals surface area contributed by atoms with Crippen molar-refractivity contribution in [3.05, 3.63) is 33.6 Å². The first-order valence-electron chi connectivity index (χ1n) is 10.9. The van der Waals surface area contributed by atoms with E-state index in [4.69, 9.17) is 14.5 Å². The number of piperazine rings is 1. The standard InChI is InChI=1S/C21H32N6OS.HI/c1-2-22-21(27-13-11-26(12-14-27)16-17-9-15-28-25-17)23-10-5-8-20-24-18-6-3-4-7-19(18)29-20;/h9,15H,2-8,10-14,16H2,1H3,(H,22,23);1H. The van der Waals surface area contributed by atoms with E-state index in [1.54, 1.807) is 6.26 Å². The molecule has 7 nitrogen and oxygen atoms in total. The SMILES string of the molecule is CCNC(=NCCCc1nc2c(s1)CCCC2)N1CCN(Cc2ccon2)CC1.I. The average Bonchev–Trinajstić information content (AvgIpc) is 3.40. The number of aromatic nitrogens is 2. The molecule has 2 aromatic heterocycles. The lowest BCUT2D eigenvalue weighted by Crippen LogP contribution is -2.52. The highest BCUT2D eigenvalue weighted by Gasteiger charge is 2.20. The molecule has 9 heteroatoms. The van der Waals surface area contributed by atoms with Crippen molar-refractivity contribution in [2.24, 2.45) is 4.99 Å². The van der Waals surface area contributed by atoms with Crippen LogP contribution in [-0.4, -0.2) is 65.2 Å². The predicted molar refractivity (Wildman–Crippen MR) is 132 cm³/mol. The quantitative estimate of drug-likeness (QED) is 0.250. The van der Waals surface area contributed by atoms with Gasteiger partial charge in [0, 0.05) is 63.2 Å². The Morgan fingerprint density at radius 2 is 2.07 bits per heavy atom. The summed E-state index contributed by atoms with van der Waals surface area (Å²) in [6, 6.07) is 1.94. The van der Waals surface area contributed by atoms with Crippen LogP contribution in [0, 0.1) is 0 Å². The number of hydrogen-bond donors (Lipinski definition) is 1. The number of fused-ring (bicyclic) bond motifs is 1. The Morgan fingerprint density at radius 1 is 1.23 bits per heavy atom. The lowest BCUT2D eigenvalue weighted by atomic mass is 10.0. The minimum atomic E-state index is 0. The second kappa shape index (κ2) is 12.0. The first-order chi connectivity index (χ1) is 14.3. The van der Waals surface area contributed by atoms with Crippen molar-refractivity contribution in [2.75, 3.05) is 39.3 Å². The molecule has 3 heterocycles. The summed E-state index contributed by atoms with van der Waals surface area (Å²) in [6.07, 6.45) is 8.80. The Kier molecular flexibility index (Phi) is 9.38. The number of hydrogen-bond acceptors (Lipinski definition) is 6. The summed E-state index contributed by atoms with van der Waals surface area (Å²) in [6.45, 7) is 8.75. The number of aryl methyl sites for hydroxylation is 3. The van der Waals surface area contributed by atoms with Gasteiger partial charge in [0.05, 0.1) is 16.4 Å². The molecule has 0 amide bonds. The van der Waals surface area contributed by atoms with Gasteiger partial charge in [-0.1, -0.05) is 5.16 Å². The van der Waals surface area contributed by atoms with E-state index in [1.165, 1.54) is 41.3 Å². The molecule has 1 aliphatic heterocycles. The van der Waals surface area contributed by atoms with Crippen LogP contribution in [0.2, 0.25) is 0 Å². The highest BCUT2D eigenvalue weighted by molar-refractivity contribution is 14.0. The molecule has 0 aromatic carbocycles. The minimum absolute atomic E-state index is 0. The topological polar surface area (TPSA) is 69.8 Å². The normalized spacial score (nSPS) is 17.5. The zero-order chi connectivity index (χ0) is 19.9. The van der Waals surface area contributed by atoms with Crippen molar-refractivity contribution in [3.8, 4) is 0 Å². The van der Waals surface area contributed by atoms with Crippen LogP contribution in [0.1, 0.15) is 47.5 Å². The highest BCUT2D eigenvalue weighted by Crippen LogP contribution is 2.27. The van der Waals surface area contributed by atoms with Gasteiger partial charge in [-0.2, -0.15) is 0 Å². The second-order valence-corrected chi connectivity index (χ2v) is 8.95. The van der Waals surface area contributed by atoms with Gasteiger partial charge in [-0.3, -0.25) is 9.89 Å². The molecule has 0 atom stereocenters. The summed E-state index contributed by atoms with van der Waals surface area (Å²) in [5, 5.41) is 8.79. The van der Waals surface area contributed by atoms with E-state index in [-0.39, 0.29) is 24.0 Å². The minimum Gasteiger partial charge on any atom is -0.364 e. The third-order valence-electron chi connectivity index (χ3n) is 5.58. The van der Waals surface area contributed by atoms with Crippen LogP contribution in [0.15, 0.2) is 21.8 Å². The molecule has 0 spiro atoms. The summed E-state index contributed by atoms with van der Waals surface area (Å²) in [5.74, 6) is 1.05. The Balaban J connectivity index is 0.00000256. The van der Waals surface area contributed by atoms with E-state index in [0.29, 0.717) is 0 Å². The molecular weight excluding hydrogens is 511 g/mol. The van der Waals surface area contributed by atoms with Crippen molar-refractivity contribution < 1.29 is 4.52 Å². The lowest BCUT2D eigenvalue weighted by Gasteiger charge is -2.36. The lowest BCUT2D eigenvalue weighted by molar-refractivity contribution is 0.169. The van der Waals surface area contributed by atoms with Crippen molar-refractivity contribution in [2.45, 2.75) is 52.0 Å². The number of nitrogens with one attached hydrogen (secondary N) is 1. The number of halogens is 1. The summed E-state index contributed by atoms with van der Waals surface area (Å²) < 4.78 is 4.94. The van der Waals surface area contributed by atoms with Gasteiger partial charge in [-0.25, -0.2) is 4.98 Å². The molecule has 2 aliphatic rings. The third-order valence-corrected chi connectivity index (χ3v) is 6.80. The van der Waals surface area contributed by atoms with E-state index < -0.39 is 0 Å². The van der Waals surface area contributed by atoms with Crippen molar-refractivity contribution >= 4 is 41.3 Å². The van der Waals surface area contributed by atoms with Gasteiger partial charge in [-0.15, -0.1) is 35.3 Å². The van der Waals surface area contributed by atoms with Crippen molar-refractivity contribution in [1.29, 1.82) is 0 Å². The van der Waals surface area contributed by atoms with Crippen LogP contribution < -0.4 is 5.32 Å². The molecule has 0 bridgehead atoms. The maximum atomic E-state index is 4.94. The van der Waals surface area contributed by atoms with Gasteiger partial charge in [0.15, 0.2) is 5.96 Å². The predicted octanol–water partition coefficient (Wildman–Crippen LogP) is 3.34. The maximum absolute atomic E-state index is 4.94. The molecule has 1 N–H and O–H groups in total. The molecule has 1 saturated heterocycles. The fourth-order valence-corrected chi connectivity index (χ4v) is 5.22. The summed E-state index contributed by atoms with van der Waals surface area (Å²) in [7, 11) is 0. The van der Waals surface area contributed by atoms with Crippen molar-refractivity contribution in [1.82, 2.24) is 25.3 Å². The first-order valence-corrected chi connectivity index (χ1v) is 11.8. The monoisotopic (exact) mass is 544 g/mol. The van der Waals surface area contributed by atoms with Gasteiger partial charge in [0.2, 0.25) is 0 Å². The van der Waals surface area contributed by atoms with E-state index >= 15 is 0 Å². The molecular formula is C21H33IN6OS. The molecule has 0 radical (unpaired) electrons. The van der Waals surface area contributed by atoms with E-state index in [0.717, 1.165) is 70.3 Å². The Labute approximate surface area is 200 Å². The first kappa shape index (κ1) is 23.5. The van der Waals surface area contributed by atoms with Crippen LogP contribution in [0.4, 0.5) is 0 Å². The molecule has 1 fully saturated rings. The van der Waals surface area contributed by atoms with Gasteiger partial charge in [0.25, 0.3) is 0 Å². The molecule has 0 saturated carbocycles. The molecule has 30 heavy (non-hydrogen) atoms. The zero-order valence-electron chi connectivity index (χ0n) is 17.8. The largest absolute Gasteiger partial charge is 0.364 e. The van der Waals surface area contributed by atoms with Crippen molar-refractivity contribution in [3.63, 3.8) is 0 Å². The number of nitrogens with zero attached hydrogens (tertiary/aromatic N) is 5. The fourth-order valence-electron chi connectivity index (χ4n) is 4.02.